The average Bonchev–Trinajstić information content (AvgIpc) is 2.40. The Morgan fingerprint density at radius 1 is 1.28 bits per heavy atom. The molecule has 0 bridgehead atoms. The third-order valence-electron chi connectivity index (χ3n) is 2.33. The summed E-state index contributed by atoms with van der Waals surface area (Å²) in [6, 6.07) is 11.4. The molecule has 0 fully saturated rings. The Labute approximate surface area is 110 Å². The van der Waals surface area contributed by atoms with Gasteiger partial charge in [0.2, 0.25) is 0 Å². The van der Waals surface area contributed by atoms with Crippen LogP contribution in [0.5, 0.6) is 5.75 Å². The molecule has 2 rings (SSSR count). The minimum atomic E-state index is 0.0244. The first-order valence-electron chi connectivity index (χ1n) is 5.32. The third kappa shape index (κ3) is 2.81. The lowest BCUT2D eigenvalue weighted by Gasteiger charge is -2.07. The van der Waals surface area contributed by atoms with Gasteiger partial charge in [0, 0.05) is 11.8 Å². The van der Waals surface area contributed by atoms with Gasteiger partial charge in [-0.1, -0.05) is 23.9 Å². The van der Waals surface area contributed by atoms with Crippen molar-refractivity contribution in [3.8, 4) is 5.75 Å². The van der Waals surface area contributed by atoms with E-state index in [0.29, 0.717) is 5.56 Å². The molecule has 0 aliphatic heterocycles. The van der Waals surface area contributed by atoms with Gasteiger partial charge >= 0.3 is 0 Å². The van der Waals surface area contributed by atoms with Crippen molar-refractivity contribution in [1.82, 2.24) is 4.98 Å². The molecular weight excluding hydrogens is 246 g/mol. The Balaban J connectivity index is 2.21. The Morgan fingerprint density at radius 2 is 2.06 bits per heavy atom. The van der Waals surface area contributed by atoms with Gasteiger partial charge in [0.05, 0.1) is 12.0 Å². The van der Waals surface area contributed by atoms with Gasteiger partial charge in [-0.2, -0.15) is 0 Å². The van der Waals surface area contributed by atoms with Gasteiger partial charge in [-0.25, -0.2) is 4.98 Å². The molecule has 0 radical (unpaired) electrons. The summed E-state index contributed by atoms with van der Waals surface area (Å²) in [4.78, 5) is 5.26. The fourth-order valence-corrected chi connectivity index (χ4v) is 2.28. The maximum atomic E-state index is 7.30. The number of hydrogen-bond acceptors (Lipinski definition) is 4. The van der Waals surface area contributed by atoms with Crippen molar-refractivity contribution < 1.29 is 4.74 Å². The smallest absolute Gasteiger partial charge is 0.132 e. The van der Waals surface area contributed by atoms with Crippen LogP contribution in [0, 0.1) is 5.41 Å². The Hall–Kier alpha value is -2.01. The van der Waals surface area contributed by atoms with Crippen molar-refractivity contribution in [3.63, 3.8) is 0 Å². The number of pyridine rings is 1. The molecule has 0 amide bonds. The molecule has 5 heteroatoms. The van der Waals surface area contributed by atoms with E-state index in [-0.39, 0.29) is 5.84 Å². The first-order valence-corrected chi connectivity index (χ1v) is 6.13. The van der Waals surface area contributed by atoms with Crippen molar-refractivity contribution in [1.29, 1.82) is 5.41 Å². The monoisotopic (exact) mass is 259 g/mol. The molecule has 2 aromatic rings. The summed E-state index contributed by atoms with van der Waals surface area (Å²) < 4.78 is 5.28. The van der Waals surface area contributed by atoms with Gasteiger partial charge in [0.15, 0.2) is 0 Å². The average molecular weight is 259 g/mol. The predicted octanol–water partition coefficient (Wildman–Crippen LogP) is 2.53. The standard InChI is InChI=1S/C13H13N3OS/c1-17-10-4-2-3-5-11(10)18-12-7-6-9(8-16-12)13(14)15/h2-8H,1H3,(H3,14,15). The molecule has 4 nitrogen and oxygen atoms in total. The molecule has 0 aliphatic carbocycles. The van der Waals surface area contributed by atoms with Crippen LogP contribution in [0.3, 0.4) is 0 Å². The van der Waals surface area contributed by atoms with Gasteiger partial charge in [0.1, 0.15) is 16.6 Å². The predicted molar refractivity (Wildman–Crippen MR) is 72.4 cm³/mol. The summed E-state index contributed by atoms with van der Waals surface area (Å²) in [5, 5.41) is 8.14. The van der Waals surface area contributed by atoms with Gasteiger partial charge in [0.25, 0.3) is 0 Å². The summed E-state index contributed by atoms with van der Waals surface area (Å²) in [5.41, 5.74) is 6.00. The number of aromatic nitrogens is 1. The van der Waals surface area contributed by atoms with Crippen molar-refractivity contribution in [2.45, 2.75) is 9.92 Å². The molecule has 0 saturated heterocycles. The summed E-state index contributed by atoms with van der Waals surface area (Å²) >= 11 is 1.51. The lowest BCUT2D eigenvalue weighted by atomic mass is 10.3. The van der Waals surface area contributed by atoms with E-state index in [9.17, 15) is 0 Å². The van der Waals surface area contributed by atoms with Crippen LogP contribution in [-0.2, 0) is 0 Å². The SMILES string of the molecule is COc1ccccc1Sc1ccc(C(=N)N)cn1. The normalized spacial score (nSPS) is 10.1. The van der Waals surface area contributed by atoms with Crippen LogP contribution in [0.25, 0.3) is 0 Å². The number of methoxy groups -OCH3 is 1. The highest BCUT2D eigenvalue weighted by atomic mass is 32.2. The van der Waals surface area contributed by atoms with Crippen molar-refractivity contribution >= 4 is 17.6 Å². The molecule has 0 unspecified atom stereocenters. The minimum absolute atomic E-state index is 0.0244. The Morgan fingerprint density at radius 3 is 2.67 bits per heavy atom. The molecule has 3 N–H and O–H groups in total. The zero-order valence-corrected chi connectivity index (χ0v) is 10.7. The van der Waals surface area contributed by atoms with E-state index in [2.05, 4.69) is 4.98 Å². The molecule has 1 heterocycles. The Bertz CT molecular complexity index is 554. The largest absolute Gasteiger partial charge is 0.496 e. The zero-order chi connectivity index (χ0) is 13.0. The highest BCUT2D eigenvalue weighted by Gasteiger charge is 2.05. The van der Waals surface area contributed by atoms with Gasteiger partial charge in [-0.05, 0) is 24.3 Å². The van der Waals surface area contributed by atoms with E-state index in [1.807, 2.05) is 30.3 Å². The number of nitrogens with two attached hydrogens (primary N) is 1. The van der Waals surface area contributed by atoms with Crippen LogP contribution in [0.1, 0.15) is 5.56 Å². The first-order chi connectivity index (χ1) is 8.70. The van der Waals surface area contributed by atoms with Crippen LogP contribution < -0.4 is 10.5 Å². The second kappa shape index (κ2) is 5.55. The summed E-state index contributed by atoms with van der Waals surface area (Å²) in [5.74, 6) is 0.844. The number of para-hydroxylation sites is 1. The number of nitrogens with one attached hydrogen (secondary N) is 1. The molecular formula is C13H13N3OS. The van der Waals surface area contributed by atoms with E-state index in [1.54, 1.807) is 19.4 Å². The zero-order valence-electron chi connectivity index (χ0n) is 9.88. The van der Waals surface area contributed by atoms with Crippen LogP contribution >= 0.6 is 11.8 Å². The number of nitrogens with zero attached hydrogens (tertiary/aromatic N) is 1. The van der Waals surface area contributed by atoms with Crippen molar-refractivity contribution in [2.75, 3.05) is 7.11 Å². The molecule has 0 aliphatic rings. The Kier molecular flexibility index (Phi) is 3.84. The summed E-state index contributed by atoms with van der Waals surface area (Å²) in [6.07, 6.45) is 1.60. The highest BCUT2D eigenvalue weighted by Crippen LogP contribution is 2.33. The van der Waals surface area contributed by atoms with Crippen molar-refractivity contribution in [2.24, 2.45) is 5.73 Å². The fourth-order valence-electron chi connectivity index (χ4n) is 1.42. The van der Waals surface area contributed by atoms with Crippen LogP contribution in [0.4, 0.5) is 0 Å². The number of nitrogen functional groups attached to an aromatic ring is 1. The third-order valence-corrected chi connectivity index (χ3v) is 3.34. The fraction of sp³-hybridized carbons (Fsp3) is 0.0769. The summed E-state index contributed by atoms with van der Waals surface area (Å²) in [7, 11) is 1.64. The quantitative estimate of drug-likeness (QED) is 0.653. The molecule has 0 spiro atoms. The van der Waals surface area contributed by atoms with Crippen LogP contribution in [0.15, 0.2) is 52.5 Å². The lowest BCUT2D eigenvalue weighted by Crippen LogP contribution is -2.10. The molecule has 1 aromatic carbocycles. The van der Waals surface area contributed by atoms with E-state index >= 15 is 0 Å². The maximum absolute atomic E-state index is 7.30. The molecule has 18 heavy (non-hydrogen) atoms. The first kappa shape index (κ1) is 12.4. The molecule has 1 aromatic heterocycles. The van der Waals surface area contributed by atoms with E-state index < -0.39 is 0 Å². The summed E-state index contributed by atoms with van der Waals surface area (Å²) in [6.45, 7) is 0. The van der Waals surface area contributed by atoms with Gasteiger partial charge in [-0.3, -0.25) is 5.41 Å². The number of benzene rings is 1. The van der Waals surface area contributed by atoms with Crippen LogP contribution in [0.2, 0.25) is 0 Å². The van der Waals surface area contributed by atoms with Gasteiger partial charge in [-0.15, -0.1) is 0 Å². The second-order valence-corrected chi connectivity index (χ2v) is 4.61. The molecule has 0 atom stereocenters. The van der Waals surface area contributed by atoms with Gasteiger partial charge < -0.3 is 10.5 Å². The molecule has 0 saturated carbocycles. The topological polar surface area (TPSA) is 72.0 Å². The number of hydrogen-bond donors (Lipinski definition) is 2. The number of amidine groups is 1. The lowest BCUT2D eigenvalue weighted by molar-refractivity contribution is 0.405. The second-order valence-electron chi connectivity index (χ2n) is 3.55. The molecule has 92 valence electrons. The maximum Gasteiger partial charge on any atom is 0.132 e. The van der Waals surface area contributed by atoms with E-state index in [0.717, 1.165) is 15.7 Å². The van der Waals surface area contributed by atoms with E-state index in [1.165, 1.54) is 11.8 Å². The number of ether oxygens (including phenoxy) is 1. The minimum Gasteiger partial charge on any atom is -0.496 e. The number of rotatable bonds is 4. The highest BCUT2D eigenvalue weighted by molar-refractivity contribution is 7.99. The van der Waals surface area contributed by atoms with Crippen molar-refractivity contribution in [3.05, 3.63) is 48.2 Å². The van der Waals surface area contributed by atoms with E-state index in [4.69, 9.17) is 15.9 Å². The van der Waals surface area contributed by atoms with Crippen LogP contribution in [-0.4, -0.2) is 17.9 Å².